The van der Waals surface area contributed by atoms with Gasteiger partial charge >= 0.3 is 0 Å². The first kappa shape index (κ1) is 11.5. The van der Waals surface area contributed by atoms with Crippen molar-refractivity contribution in [3.05, 3.63) is 46.4 Å². The summed E-state index contributed by atoms with van der Waals surface area (Å²) in [7, 11) is 0. The van der Waals surface area contributed by atoms with Gasteiger partial charge in [-0.2, -0.15) is 5.26 Å². The van der Waals surface area contributed by atoms with Gasteiger partial charge in [0.2, 0.25) is 5.95 Å². The minimum absolute atomic E-state index is 0.0212. The van der Waals surface area contributed by atoms with Crippen LogP contribution in [-0.2, 0) is 0 Å². The molecule has 0 aliphatic carbocycles. The molecule has 0 saturated heterocycles. The minimum atomic E-state index is -0.547. The van der Waals surface area contributed by atoms with Crippen LogP contribution in [0.1, 0.15) is 5.56 Å². The van der Waals surface area contributed by atoms with E-state index < -0.39 is 5.82 Å². The number of anilines is 2. The van der Waals surface area contributed by atoms with E-state index in [1.807, 2.05) is 0 Å². The van der Waals surface area contributed by atoms with Crippen molar-refractivity contribution in [2.24, 2.45) is 0 Å². The summed E-state index contributed by atoms with van der Waals surface area (Å²) in [6.45, 7) is 0. The first-order chi connectivity index (χ1) is 8.19. The molecule has 4 nitrogen and oxygen atoms in total. The highest BCUT2D eigenvalue weighted by Crippen LogP contribution is 2.17. The second-order valence-corrected chi connectivity index (χ2v) is 4.07. The van der Waals surface area contributed by atoms with Gasteiger partial charge in [0, 0.05) is 18.1 Å². The molecule has 0 fully saturated rings. The molecule has 84 valence electrons. The summed E-state index contributed by atoms with van der Waals surface area (Å²) < 4.78 is 13.8. The Hall–Kier alpha value is -2.00. The maximum atomic E-state index is 13.1. The molecule has 0 spiro atoms. The Labute approximate surface area is 105 Å². The van der Waals surface area contributed by atoms with Crippen molar-refractivity contribution in [2.75, 3.05) is 5.32 Å². The molecule has 0 radical (unpaired) electrons. The molecule has 0 amide bonds. The number of hydrogen-bond donors (Lipinski definition) is 1. The molecule has 17 heavy (non-hydrogen) atoms. The van der Waals surface area contributed by atoms with E-state index in [1.54, 1.807) is 18.5 Å². The first-order valence-electron chi connectivity index (χ1n) is 4.63. The predicted octanol–water partition coefficient (Wildman–Crippen LogP) is 2.99. The molecule has 0 bridgehead atoms. The van der Waals surface area contributed by atoms with Crippen LogP contribution < -0.4 is 5.32 Å². The third-order valence-electron chi connectivity index (χ3n) is 1.96. The second kappa shape index (κ2) is 4.89. The Morgan fingerprint density at radius 3 is 2.65 bits per heavy atom. The van der Waals surface area contributed by atoms with Gasteiger partial charge in [0.15, 0.2) is 0 Å². The standard InChI is InChI=1S/C11H6BrFN4/c12-8-5-15-11(16-6-8)17-9-1-2-10(13)7(3-9)4-14/h1-3,5-6H,(H,15,16,17). The molecule has 0 saturated carbocycles. The molecule has 1 aromatic carbocycles. The summed E-state index contributed by atoms with van der Waals surface area (Å²) in [4.78, 5) is 8.01. The lowest BCUT2D eigenvalue weighted by Crippen LogP contribution is -1.97. The molecular formula is C11H6BrFN4. The van der Waals surface area contributed by atoms with E-state index in [0.29, 0.717) is 11.6 Å². The van der Waals surface area contributed by atoms with Crippen molar-refractivity contribution in [3.8, 4) is 6.07 Å². The number of halogens is 2. The Morgan fingerprint density at radius 1 is 1.29 bits per heavy atom. The van der Waals surface area contributed by atoms with E-state index in [2.05, 4.69) is 31.2 Å². The summed E-state index contributed by atoms with van der Waals surface area (Å²) >= 11 is 3.22. The highest BCUT2D eigenvalue weighted by Gasteiger charge is 2.03. The highest BCUT2D eigenvalue weighted by molar-refractivity contribution is 9.10. The lowest BCUT2D eigenvalue weighted by atomic mass is 10.2. The molecule has 1 heterocycles. The van der Waals surface area contributed by atoms with Crippen LogP contribution in [0, 0.1) is 17.1 Å². The van der Waals surface area contributed by atoms with Crippen molar-refractivity contribution in [2.45, 2.75) is 0 Å². The molecular weight excluding hydrogens is 287 g/mol. The average molecular weight is 293 g/mol. The fourth-order valence-corrected chi connectivity index (χ4v) is 1.40. The monoisotopic (exact) mass is 292 g/mol. The van der Waals surface area contributed by atoms with Gasteiger partial charge in [-0.25, -0.2) is 14.4 Å². The van der Waals surface area contributed by atoms with E-state index in [1.165, 1.54) is 18.2 Å². The molecule has 6 heteroatoms. The van der Waals surface area contributed by atoms with Crippen LogP contribution in [0.4, 0.5) is 16.0 Å². The Balaban J connectivity index is 2.25. The van der Waals surface area contributed by atoms with Crippen LogP contribution in [0.3, 0.4) is 0 Å². The fourth-order valence-electron chi connectivity index (χ4n) is 1.19. The summed E-state index contributed by atoms with van der Waals surface area (Å²) in [5.41, 5.74) is 0.539. The number of aromatic nitrogens is 2. The molecule has 2 rings (SSSR count). The first-order valence-corrected chi connectivity index (χ1v) is 5.42. The van der Waals surface area contributed by atoms with Crippen LogP contribution in [0.25, 0.3) is 0 Å². The number of nitriles is 1. The lowest BCUT2D eigenvalue weighted by molar-refractivity contribution is 0.624. The zero-order chi connectivity index (χ0) is 12.3. The molecule has 1 aromatic heterocycles. The smallest absolute Gasteiger partial charge is 0.227 e. The van der Waals surface area contributed by atoms with Crippen LogP contribution in [0.5, 0.6) is 0 Å². The number of nitrogens with zero attached hydrogens (tertiary/aromatic N) is 3. The zero-order valence-electron chi connectivity index (χ0n) is 8.48. The quantitative estimate of drug-likeness (QED) is 0.924. The Kier molecular flexibility index (Phi) is 3.30. The van der Waals surface area contributed by atoms with E-state index >= 15 is 0 Å². The summed E-state index contributed by atoms with van der Waals surface area (Å²) in [6.07, 6.45) is 3.17. The average Bonchev–Trinajstić information content (AvgIpc) is 2.34. The number of nitrogens with one attached hydrogen (secondary N) is 1. The lowest BCUT2D eigenvalue weighted by Gasteiger charge is -2.04. The Morgan fingerprint density at radius 2 is 2.00 bits per heavy atom. The zero-order valence-corrected chi connectivity index (χ0v) is 10.1. The number of hydrogen-bond acceptors (Lipinski definition) is 4. The topological polar surface area (TPSA) is 61.6 Å². The van der Waals surface area contributed by atoms with Crippen LogP contribution in [0.2, 0.25) is 0 Å². The van der Waals surface area contributed by atoms with Gasteiger partial charge in [0.25, 0.3) is 0 Å². The van der Waals surface area contributed by atoms with Gasteiger partial charge in [0.1, 0.15) is 11.9 Å². The van der Waals surface area contributed by atoms with Crippen LogP contribution in [0.15, 0.2) is 35.1 Å². The van der Waals surface area contributed by atoms with E-state index in [9.17, 15) is 4.39 Å². The summed E-state index contributed by atoms with van der Waals surface area (Å²) in [5, 5.41) is 11.6. The highest BCUT2D eigenvalue weighted by atomic mass is 79.9. The summed E-state index contributed by atoms with van der Waals surface area (Å²) in [5.74, 6) is -0.168. The third-order valence-corrected chi connectivity index (χ3v) is 2.37. The van der Waals surface area contributed by atoms with Crippen LogP contribution in [-0.4, -0.2) is 9.97 Å². The summed E-state index contributed by atoms with van der Waals surface area (Å²) in [6, 6.07) is 5.91. The predicted molar refractivity (Wildman–Crippen MR) is 64.1 cm³/mol. The van der Waals surface area contributed by atoms with Crippen molar-refractivity contribution < 1.29 is 4.39 Å². The molecule has 1 N–H and O–H groups in total. The van der Waals surface area contributed by atoms with E-state index in [4.69, 9.17) is 5.26 Å². The molecule has 0 aliphatic heterocycles. The van der Waals surface area contributed by atoms with Gasteiger partial charge in [-0.3, -0.25) is 0 Å². The van der Waals surface area contributed by atoms with Crippen molar-refractivity contribution >= 4 is 27.6 Å². The second-order valence-electron chi connectivity index (χ2n) is 3.16. The van der Waals surface area contributed by atoms with Gasteiger partial charge in [-0.1, -0.05) is 0 Å². The molecule has 0 atom stereocenters. The van der Waals surface area contributed by atoms with Crippen molar-refractivity contribution in [3.63, 3.8) is 0 Å². The van der Waals surface area contributed by atoms with Gasteiger partial charge in [-0.15, -0.1) is 0 Å². The maximum Gasteiger partial charge on any atom is 0.227 e. The number of benzene rings is 1. The van der Waals surface area contributed by atoms with Crippen LogP contribution >= 0.6 is 15.9 Å². The van der Waals surface area contributed by atoms with E-state index in [-0.39, 0.29) is 5.56 Å². The van der Waals surface area contributed by atoms with Gasteiger partial charge in [0.05, 0.1) is 10.0 Å². The van der Waals surface area contributed by atoms with Gasteiger partial charge in [-0.05, 0) is 34.1 Å². The largest absolute Gasteiger partial charge is 0.324 e. The third kappa shape index (κ3) is 2.77. The van der Waals surface area contributed by atoms with Gasteiger partial charge < -0.3 is 5.32 Å². The molecule has 0 unspecified atom stereocenters. The maximum absolute atomic E-state index is 13.1. The van der Waals surface area contributed by atoms with E-state index in [0.717, 1.165) is 4.47 Å². The van der Waals surface area contributed by atoms with Crippen molar-refractivity contribution in [1.82, 2.24) is 9.97 Å². The molecule has 0 aliphatic rings. The van der Waals surface area contributed by atoms with Crippen molar-refractivity contribution in [1.29, 1.82) is 5.26 Å². The normalized spacial score (nSPS) is 9.71. The molecule has 2 aromatic rings. The fraction of sp³-hybridized carbons (Fsp3) is 0. The number of rotatable bonds is 2. The Bertz CT molecular complexity index is 577. The SMILES string of the molecule is N#Cc1cc(Nc2ncc(Br)cn2)ccc1F. The minimum Gasteiger partial charge on any atom is -0.324 e.